The first kappa shape index (κ1) is 10.5. The van der Waals surface area contributed by atoms with Gasteiger partial charge >= 0.3 is 0 Å². The highest BCUT2D eigenvalue weighted by molar-refractivity contribution is 5.57. The fraction of sp³-hybridized carbons (Fsp3) is 0.308. The lowest BCUT2D eigenvalue weighted by Gasteiger charge is -2.14. The van der Waals surface area contributed by atoms with Gasteiger partial charge in [0.1, 0.15) is 11.6 Å². The van der Waals surface area contributed by atoms with Crippen LogP contribution in [-0.2, 0) is 12.8 Å². The number of hydrogen-bond donors (Lipinski definition) is 2. The molecule has 0 saturated carbocycles. The summed E-state index contributed by atoms with van der Waals surface area (Å²) in [6.45, 7) is 0. The van der Waals surface area contributed by atoms with Gasteiger partial charge in [0, 0.05) is 12.1 Å². The second-order valence-corrected chi connectivity index (χ2v) is 4.39. The minimum absolute atomic E-state index is 0.279. The van der Waals surface area contributed by atoms with E-state index < -0.39 is 0 Å². The molecule has 2 aromatic rings. The summed E-state index contributed by atoms with van der Waals surface area (Å²) in [4.78, 5) is 7.52. The van der Waals surface area contributed by atoms with Gasteiger partial charge in [-0.1, -0.05) is 12.1 Å². The fourth-order valence-electron chi connectivity index (χ4n) is 2.24. The van der Waals surface area contributed by atoms with Gasteiger partial charge in [-0.25, -0.2) is 9.37 Å². The van der Waals surface area contributed by atoms with E-state index in [2.05, 4.69) is 9.97 Å². The molecule has 1 unspecified atom stereocenters. The molecule has 1 aromatic carbocycles. The molecule has 1 aromatic heterocycles. The van der Waals surface area contributed by atoms with Gasteiger partial charge in [-0.05, 0) is 25.0 Å². The summed E-state index contributed by atoms with van der Waals surface area (Å²) in [5.74, 6) is 0.279. The molecular weight excluding hydrogens is 219 g/mol. The normalized spacial score (nSPS) is 19.1. The number of aryl methyl sites for hydroxylation is 1. The summed E-state index contributed by atoms with van der Waals surface area (Å²) in [7, 11) is 0. The van der Waals surface area contributed by atoms with Crippen molar-refractivity contribution >= 4 is 0 Å². The number of nitrogens with one attached hydrogen (secondary N) is 1. The minimum Gasteiger partial charge on any atom is -0.393 e. The Bertz CT molecular complexity index is 550. The van der Waals surface area contributed by atoms with Crippen molar-refractivity contribution in [1.82, 2.24) is 9.97 Å². The van der Waals surface area contributed by atoms with Gasteiger partial charge in [0.2, 0.25) is 0 Å². The molecule has 0 amide bonds. The second-order valence-electron chi connectivity index (χ2n) is 4.39. The summed E-state index contributed by atoms with van der Waals surface area (Å²) >= 11 is 0. The Morgan fingerprint density at radius 2 is 2.18 bits per heavy atom. The first-order valence-corrected chi connectivity index (χ1v) is 5.75. The molecule has 1 heterocycles. The van der Waals surface area contributed by atoms with E-state index in [1.54, 1.807) is 18.2 Å². The van der Waals surface area contributed by atoms with E-state index in [1.165, 1.54) is 6.07 Å². The zero-order valence-corrected chi connectivity index (χ0v) is 9.28. The van der Waals surface area contributed by atoms with Crippen molar-refractivity contribution in [2.75, 3.05) is 0 Å². The summed E-state index contributed by atoms with van der Waals surface area (Å²) in [5.41, 5.74) is 2.37. The van der Waals surface area contributed by atoms with Crippen molar-refractivity contribution < 1.29 is 9.50 Å². The number of halogens is 1. The Morgan fingerprint density at radius 3 is 3.00 bits per heavy atom. The number of fused-ring (bicyclic) bond motifs is 1. The van der Waals surface area contributed by atoms with Crippen LogP contribution in [0.4, 0.5) is 4.39 Å². The summed E-state index contributed by atoms with van der Waals surface area (Å²) in [5, 5.41) is 9.57. The number of imidazole rings is 1. The fourth-order valence-corrected chi connectivity index (χ4v) is 2.24. The van der Waals surface area contributed by atoms with Crippen LogP contribution in [-0.4, -0.2) is 21.2 Å². The Labute approximate surface area is 98.3 Å². The molecule has 3 nitrogen and oxygen atoms in total. The van der Waals surface area contributed by atoms with Crippen LogP contribution in [0.3, 0.4) is 0 Å². The maximum Gasteiger partial charge on any atom is 0.140 e. The zero-order chi connectivity index (χ0) is 11.8. The number of H-pyrrole nitrogens is 1. The van der Waals surface area contributed by atoms with E-state index in [0.717, 1.165) is 24.2 Å². The predicted octanol–water partition coefficient (Wildman–Crippen LogP) is 2.07. The first-order chi connectivity index (χ1) is 8.24. The average Bonchev–Trinajstić information content (AvgIpc) is 2.72. The third kappa shape index (κ3) is 1.85. The minimum atomic E-state index is -0.309. The summed E-state index contributed by atoms with van der Waals surface area (Å²) in [6.07, 6.45) is 1.75. The van der Waals surface area contributed by atoms with Gasteiger partial charge < -0.3 is 10.1 Å². The van der Waals surface area contributed by atoms with E-state index in [0.29, 0.717) is 17.8 Å². The lowest BCUT2D eigenvalue weighted by molar-refractivity contribution is 0.157. The molecule has 17 heavy (non-hydrogen) atoms. The van der Waals surface area contributed by atoms with Crippen LogP contribution >= 0.6 is 0 Å². The van der Waals surface area contributed by atoms with Gasteiger partial charge in [-0.2, -0.15) is 0 Å². The number of aromatic amines is 1. The third-order valence-electron chi connectivity index (χ3n) is 3.15. The van der Waals surface area contributed by atoms with Crippen molar-refractivity contribution in [2.45, 2.75) is 25.4 Å². The highest BCUT2D eigenvalue weighted by atomic mass is 19.1. The number of aliphatic hydroxyl groups is 1. The molecule has 0 bridgehead atoms. The number of benzene rings is 1. The van der Waals surface area contributed by atoms with Crippen LogP contribution < -0.4 is 0 Å². The number of nitrogens with zero attached hydrogens (tertiary/aromatic N) is 1. The van der Waals surface area contributed by atoms with Crippen LogP contribution in [0.5, 0.6) is 0 Å². The van der Waals surface area contributed by atoms with Crippen LogP contribution in [0.1, 0.15) is 17.8 Å². The molecule has 0 saturated heterocycles. The Kier molecular flexibility index (Phi) is 2.44. The largest absolute Gasteiger partial charge is 0.393 e. The second kappa shape index (κ2) is 3.96. The lowest BCUT2D eigenvalue weighted by Crippen LogP contribution is -2.18. The maximum atomic E-state index is 13.6. The topological polar surface area (TPSA) is 48.9 Å². The van der Waals surface area contributed by atoms with Crippen molar-refractivity contribution in [3.8, 4) is 11.4 Å². The first-order valence-electron chi connectivity index (χ1n) is 5.75. The number of aromatic nitrogens is 2. The van der Waals surface area contributed by atoms with Crippen LogP contribution in [0.25, 0.3) is 11.4 Å². The number of rotatable bonds is 1. The Morgan fingerprint density at radius 1 is 1.35 bits per heavy atom. The quantitative estimate of drug-likeness (QED) is 0.790. The van der Waals surface area contributed by atoms with Gasteiger partial charge in [0.25, 0.3) is 0 Å². The molecule has 88 valence electrons. The highest BCUT2D eigenvalue weighted by Crippen LogP contribution is 2.25. The number of hydrogen-bond acceptors (Lipinski definition) is 2. The SMILES string of the molecule is OC1CCc2nc(-c3ccccc3F)[nH]c2C1. The smallest absolute Gasteiger partial charge is 0.140 e. The third-order valence-corrected chi connectivity index (χ3v) is 3.15. The predicted molar refractivity (Wildman–Crippen MR) is 62.0 cm³/mol. The monoisotopic (exact) mass is 232 g/mol. The molecule has 0 radical (unpaired) electrons. The maximum absolute atomic E-state index is 13.6. The molecule has 4 heteroatoms. The van der Waals surface area contributed by atoms with Gasteiger partial charge in [0.05, 0.1) is 17.4 Å². The molecule has 1 atom stereocenters. The Hall–Kier alpha value is -1.68. The van der Waals surface area contributed by atoms with Gasteiger partial charge in [-0.3, -0.25) is 0 Å². The van der Waals surface area contributed by atoms with E-state index in [4.69, 9.17) is 0 Å². The van der Waals surface area contributed by atoms with Gasteiger partial charge in [-0.15, -0.1) is 0 Å². The van der Waals surface area contributed by atoms with E-state index in [-0.39, 0.29) is 11.9 Å². The molecule has 1 aliphatic rings. The van der Waals surface area contributed by atoms with Crippen molar-refractivity contribution in [1.29, 1.82) is 0 Å². The van der Waals surface area contributed by atoms with E-state index in [9.17, 15) is 9.50 Å². The van der Waals surface area contributed by atoms with Crippen molar-refractivity contribution in [3.63, 3.8) is 0 Å². The van der Waals surface area contributed by atoms with Crippen LogP contribution in [0.15, 0.2) is 24.3 Å². The molecule has 0 aliphatic heterocycles. The summed E-state index contributed by atoms with van der Waals surface area (Å²) in [6, 6.07) is 6.57. The lowest BCUT2D eigenvalue weighted by atomic mass is 9.99. The average molecular weight is 232 g/mol. The molecule has 0 fully saturated rings. The standard InChI is InChI=1S/C13H13FN2O/c14-10-4-2-1-3-9(10)13-15-11-6-5-8(17)7-12(11)16-13/h1-4,8,17H,5-7H2,(H,15,16). The molecular formula is C13H13FN2O. The van der Waals surface area contributed by atoms with Crippen LogP contribution in [0.2, 0.25) is 0 Å². The zero-order valence-electron chi connectivity index (χ0n) is 9.28. The van der Waals surface area contributed by atoms with E-state index in [1.807, 2.05) is 0 Å². The van der Waals surface area contributed by atoms with Crippen molar-refractivity contribution in [3.05, 3.63) is 41.5 Å². The molecule has 2 N–H and O–H groups in total. The molecule has 0 spiro atoms. The van der Waals surface area contributed by atoms with E-state index >= 15 is 0 Å². The summed E-state index contributed by atoms with van der Waals surface area (Å²) < 4.78 is 13.6. The molecule has 3 rings (SSSR count). The van der Waals surface area contributed by atoms with Gasteiger partial charge in [0.15, 0.2) is 0 Å². The van der Waals surface area contributed by atoms with Crippen molar-refractivity contribution in [2.24, 2.45) is 0 Å². The molecule has 1 aliphatic carbocycles. The van der Waals surface area contributed by atoms with Crippen LogP contribution in [0, 0.1) is 5.82 Å². The highest BCUT2D eigenvalue weighted by Gasteiger charge is 2.21. The number of aliphatic hydroxyl groups excluding tert-OH is 1. The Balaban J connectivity index is 2.03.